The fraction of sp³-hybridized carbons (Fsp3) is 0.571. The Morgan fingerprint density at radius 2 is 2.10 bits per heavy atom. The summed E-state index contributed by atoms with van der Waals surface area (Å²) < 4.78 is 39.0. The number of hydrogen-bond donors (Lipinski definition) is 1. The molecule has 1 aromatic carbocycles. The van der Waals surface area contributed by atoms with Crippen LogP contribution in [0.3, 0.4) is 0 Å². The Morgan fingerprint density at radius 3 is 2.70 bits per heavy atom. The van der Waals surface area contributed by atoms with Crippen molar-refractivity contribution in [2.75, 3.05) is 20.1 Å². The van der Waals surface area contributed by atoms with Crippen LogP contribution in [0.1, 0.15) is 25.8 Å². The van der Waals surface area contributed by atoms with Crippen molar-refractivity contribution in [2.24, 2.45) is 0 Å². The summed E-state index contributed by atoms with van der Waals surface area (Å²) in [5.41, 5.74) is 0.643. The molecule has 114 valence electrons. The fourth-order valence-corrected chi connectivity index (χ4v) is 3.15. The number of rotatable bonds is 8. The molecule has 1 unspecified atom stereocenters. The molecule has 0 aliphatic rings. The first-order valence-electron chi connectivity index (χ1n) is 6.78. The molecular weight excluding hydrogens is 279 g/mol. The van der Waals surface area contributed by atoms with Crippen LogP contribution in [0.15, 0.2) is 24.3 Å². The molecule has 0 bridgehead atoms. The second-order valence-electron chi connectivity index (χ2n) is 4.95. The molecule has 4 nitrogen and oxygen atoms in total. The monoisotopic (exact) mass is 302 g/mol. The van der Waals surface area contributed by atoms with Crippen molar-refractivity contribution in [3.63, 3.8) is 0 Å². The Labute approximate surface area is 121 Å². The molecule has 0 aliphatic carbocycles. The zero-order valence-electron chi connectivity index (χ0n) is 12.3. The van der Waals surface area contributed by atoms with Gasteiger partial charge in [0.15, 0.2) is 0 Å². The van der Waals surface area contributed by atoms with E-state index in [0.29, 0.717) is 12.1 Å². The minimum atomic E-state index is -3.38. The molecule has 6 heteroatoms. The molecule has 0 fully saturated rings. The first-order valence-corrected chi connectivity index (χ1v) is 8.28. The third kappa shape index (κ3) is 4.85. The lowest BCUT2D eigenvalue weighted by molar-refractivity contribution is 0.452. The summed E-state index contributed by atoms with van der Waals surface area (Å²) in [5.74, 6) is -0.356. The van der Waals surface area contributed by atoms with Crippen LogP contribution < -0.4 is 5.32 Å². The lowest BCUT2D eigenvalue weighted by atomic mass is 10.2. The normalized spacial score (nSPS) is 13.7. The van der Waals surface area contributed by atoms with Crippen LogP contribution in [0, 0.1) is 5.82 Å². The number of halogens is 1. The highest BCUT2D eigenvalue weighted by Crippen LogP contribution is 2.12. The molecule has 1 rings (SSSR count). The molecule has 0 aromatic heterocycles. The van der Waals surface area contributed by atoms with Crippen molar-refractivity contribution in [1.29, 1.82) is 0 Å². The molecule has 0 radical (unpaired) electrons. The Hall–Kier alpha value is -0.980. The predicted octanol–water partition coefficient (Wildman–Crippen LogP) is 1.98. The fourth-order valence-electron chi connectivity index (χ4n) is 1.88. The summed E-state index contributed by atoms with van der Waals surface area (Å²) in [5, 5.41) is 2.60. The molecule has 0 amide bonds. The van der Waals surface area contributed by atoms with Crippen molar-refractivity contribution < 1.29 is 12.8 Å². The third-order valence-corrected chi connectivity index (χ3v) is 5.28. The first-order chi connectivity index (χ1) is 9.37. The number of nitrogens with zero attached hydrogens (tertiary/aromatic N) is 1. The molecule has 1 N–H and O–H groups in total. The second kappa shape index (κ2) is 7.71. The van der Waals surface area contributed by atoms with E-state index in [-0.39, 0.29) is 12.4 Å². The summed E-state index contributed by atoms with van der Waals surface area (Å²) in [6.07, 6.45) is 0.964. The van der Waals surface area contributed by atoms with Gasteiger partial charge < -0.3 is 5.32 Å². The van der Waals surface area contributed by atoms with Gasteiger partial charge in [0, 0.05) is 20.1 Å². The second-order valence-corrected chi connectivity index (χ2v) is 7.40. The van der Waals surface area contributed by atoms with Crippen LogP contribution in [-0.4, -0.2) is 38.1 Å². The van der Waals surface area contributed by atoms with E-state index in [1.807, 2.05) is 6.92 Å². The Morgan fingerprint density at radius 1 is 1.40 bits per heavy atom. The van der Waals surface area contributed by atoms with Gasteiger partial charge in [0.25, 0.3) is 0 Å². The van der Waals surface area contributed by atoms with Crippen molar-refractivity contribution in [1.82, 2.24) is 9.62 Å². The van der Waals surface area contributed by atoms with Crippen molar-refractivity contribution >= 4 is 10.0 Å². The molecule has 0 spiro atoms. The minimum Gasteiger partial charge on any atom is -0.315 e. The van der Waals surface area contributed by atoms with Gasteiger partial charge in [-0.3, -0.25) is 0 Å². The van der Waals surface area contributed by atoms with Gasteiger partial charge in [-0.1, -0.05) is 19.1 Å². The van der Waals surface area contributed by atoms with Gasteiger partial charge in [0.1, 0.15) is 5.82 Å². The van der Waals surface area contributed by atoms with Crippen LogP contribution in [-0.2, 0) is 16.6 Å². The molecule has 20 heavy (non-hydrogen) atoms. The van der Waals surface area contributed by atoms with E-state index in [2.05, 4.69) is 5.32 Å². The highest BCUT2D eigenvalue weighted by atomic mass is 32.2. The number of hydrogen-bond acceptors (Lipinski definition) is 3. The topological polar surface area (TPSA) is 49.4 Å². The Kier molecular flexibility index (Phi) is 6.58. The maximum atomic E-state index is 13.1. The van der Waals surface area contributed by atoms with Gasteiger partial charge in [0.05, 0.1) is 5.25 Å². The summed E-state index contributed by atoms with van der Waals surface area (Å²) in [6.45, 7) is 5.11. The summed E-state index contributed by atoms with van der Waals surface area (Å²) in [6, 6.07) is 5.99. The van der Waals surface area contributed by atoms with Crippen molar-refractivity contribution in [2.45, 2.75) is 32.1 Å². The number of benzene rings is 1. The number of sulfonamides is 1. The third-order valence-electron chi connectivity index (χ3n) is 3.10. The van der Waals surface area contributed by atoms with Gasteiger partial charge >= 0.3 is 0 Å². The van der Waals surface area contributed by atoms with E-state index in [1.165, 1.54) is 23.5 Å². The lowest BCUT2D eigenvalue weighted by Crippen LogP contribution is -2.40. The maximum Gasteiger partial charge on any atom is 0.218 e. The van der Waals surface area contributed by atoms with Crippen molar-refractivity contribution in [3.8, 4) is 0 Å². The first kappa shape index (κ1) is 17.1. The van der Waals surface area contributed by atoms with Crippen LogP contribution in [0.2, 0.25) is 0 Å². The Bertz CT molecular complexity index is 520. The zero-order valence-corrected chi connectivity index (χ0v) is 13.1. The van der Waals surface area contributed by atoms with Gasteiger partial charge in [0.2, 0.25) is 10.0 Å². The van der Waals surface area contributed by atoms with E-state index >= 15 is 0 Å². The smallest absolute Gasteiger partial charge is 0.218 e. The van der Waals surface area contributed by atoms with E-state index in [9.17, 15) is 12.8 Å². The lowest BCUT2D eigenvalue weighted by Gasteiger charge is -2.22. The number of nitrogens with one attached hydrogen (secondary N) is 1. The molecular formula is C14H23FN2O2S. The molecule has 0 aliphatic heterocycles. The summed E-state index contributed by atoms with van der Waals surface area (Å²) in [7, 11) is -1.86. The molecule has 1 atom stereocenters. The van der Waals surface area contributed by atoms with E-state index in [1.54, 1.807) is 19.1 Å². The zero-order chi connectivity index (χ0) is 15.2. The highest BCUT2D eigenvalue weighted by Gasteiger charge is 2.25. The van der Waals surface area contributed by atoms with Gasteiger partial charge in [-0.15, -0.1) is 0 Å². The Balaban J connectivity index is 2.66. The SMILES string of the molecule is CCCNCC(C)S(=O)(=O)N(C)Cc1cccc(F)c1. The molecule has 0 heterocycles. The summed E-state index contributed by atoms with van der Waals surface area (Å²) in [4.78, 5) is 0. The molecule has 0 saturated carbocycles. The van der Waals surface area contributed by atoms with Crippen LogP contribution >= 0.6 is 0 Å². The van der Waals surface area contributed by atoms with E-state index in [4.69, 9.17) is 0 Å². The maximum absolute atomic E-state index is 13.1. The van der Waals surface area contributed by atoms with Gasteiger partial charge in [-0.2, -0.15) is 0 Å². The van der Waals surface area contributed by atoms with E-state index in [0.717, 1.165) is 13.0 Å². The van der Waals surface area contributed by atoms with Gasteiger partial charge in [-0.25, -0.2) is 17.1 Å². The molecule has 1 aromatic rings. The quantitative estimate of drug-likeness (QED) is 0.747. The summed E-state index contributed by atoms with van der Waals surface area (Å²) >= 11 is 0. The van der Waals surface area contributed by atoms with Crippen LogP contribution in [0.4, 0.5) is 4.39 Å². The average molecular weight is 302 g/mol. The molecule has 0 saturated heterocycles. The largest absolute Gasteiger partial charge is 0.315 e. The van der Waals surface area contributed by atoms with Gasteiger partial charge in [-0.05, 0) is 37.6 Å². The van der Waals surface area contributed by atoms with Crippen LogP contribution in [0.25, 0.3) is 0 Å². The minimum absolute atomic E-state index is 0.179. The van der Waals surface area contributed by atoms with E-state index < -0.39 is 15.3 Å². The van der Waals surface area contributed by atoms with Crippen molar-refractivity contribution in [3.05, 3.63) is 35.6 Å². The predicted molar refractivity (Wildman–Crippen MR) is 79.4 cm³/mol. The average Bonchev–Trinajstić information content (AvgIpc) is 2.38. The van der Waals surface area contributed by atoms with Crippen LogP contribution in [0.5, 0.6) is 0 Å². The standard InChI is InChI=1S/C14H23FN2O2S/c1-4-8-16-10-12(2)20(18,19)17(3)11-13-6-5-7-14(15)9-13/h5-7,9,12,16H,4,8,10-11H2,1-3H3. The highest BCUT2D eigenvalue weighted by molar-refractivity contribution is 7.89.